The first-order valence-corrected chi connectivity index (χ1v) is 8.79. The molecule has 0 unspecified atom stereocenters. The van der Waals surface area contributed by atoms with E-state index in [1.165, 1.54) is 23.5 Å². The molecular weight excluding hydrogens is 367 g/mol. The van der Waals surface area contributed by atoms with Crippen LogP contribution in [0, 0.1) is 5.82 Å². The molecule has 0 spiro atoms. The Morgan fingerprint density at radius 1 is 1.35 bits per heavy atom. The molecule has 0 saturated heterocycles. The van der Waals surface area contributed by atoms with Crippen molar-refractivity contribution in [2.45, 2.75) is 18.0 Å². The average molecular weight is 379 g/mol. The van der Waals surface area contributed by atoms with E-state index in [-0.39, 0.29) is 18.0 Å². The molecule has 0 fully saturated rings. The number of nitrogens with two attached hydrogens (primary N) is 1. The van der Waals surface area contributed by atoms with E-state index >= 15 is 0 Å². The third kappa shape index (κ3) is 3.64. The van der Waals surface area contributed by atoms with Crippen LogP contribution >= 0.6 is 27.3 Å². The van der Waals surface area contributed by atoms with Crippen molar-refractivity contribution in [1.82, 2.24) is 4.72 Å². The van der Waals surface area contributed by atoms with Gasteiger partial charge >= 0.3 is 0 Å². The number of nitrogens with one attached hydrogen (secondary N) is 1. The van der Waals surface area contributed by atoms with Crippen LogP contribution in [0.5, 0.6) is 0 Å². The van der Waals surface area contributed by atoms with Crippen molar-refractivity contribution < 1.29 is 12.8 Å². The van der Waals surface area contributed by atoms with Crippen LogP contribution < -0.4 is 10.5 Å². The number of halogens is 2. The van der Waals surface area contributed by atoms with Crippen molar-refractivity contribution in [1.29, 1.82) is 0 Å². The molecule has 0 aliphatic heterocycles. The van der Waals surface area contributed by atoms with Crippen molar-refractivity contribution in [3.8, 4) is 0 Å². The minimum atomic E-state index is -3.79. The number of hydrogen-bond acceptors (Lipinski definition) is 4. The highest BCUT2D eigenvalue weighted by atomic mass is 79.9. The molecule has 2 aromatic rings. The number of hydrogen-bond donors (Lipinski definition) is 2. The monoisotopic (exact) mass is 378 g/mol. The van der Waals surface area contributed by atoms with Crippen LogP contribution in [-0.4, -0.2) is 8.42 Å². The maximum absolute atomic E-state index is 13.2. The van der Waals surface area contributed by atoms with Gasteiger partial charge in [-0.1, -0.05) is 6.07 Å². The Balaban J connectivity index is 2.24. The molecule has 20 heavy (non-hydrogen) atoms. The van der Waals surface area contributed by atoms with Gasteiger partial charge in [-0.2, -0.15) is 0 Å². The van der Waals surface area contributed by atoms with Crippen molar-refractivity contribution in [2.75, 3.05) is 0 Å². The molecule has 1 aromatic carbocycles. The van der Waals surface area contributed by atoms with Gasteiger partial charge in [0.1, 0.15) is 5.82 Å². The lowest BCUT2D eigenvalue weighted by Gasteiger charge is -2.10. The molecule has 4 nitrogen and oxygen atoms in total. The first-order chi connectivity index (χ1) is 9.42. The average Bonchev–Trinajstić information content (AvgIpc) is 2.82. The highest BCUT2D eigenvalue weighted by Gasteiger charge is 2.18. The molecule has 0 aliphatic rings. The molecule has 0 amide bonds. The zero-order valence-electron chi connectivity index (χ0n) is 10.3. The van der Waals surface area contributed by atoms with Gasteiger partial charge in [0.15, 0.2) is 0 Å². The van der Waals surface area contributed by atoms with E-state index in [0.29, 0.717) is 5.56 Å². The van der Waals surface area contributed by atoms with Crippen LogP contribution in [0.1, 0.15) is 10.4 Å². The summed E-state index contributed by atoms with van der Waals surface area (Å²) >= 11 is 4.72. The van der Waals surface area contributed by atoms with E-state index in [4.69, 9.17) is 5.73 Å². The second-order valence-corrected chi connectivity index (χ2v) is 7.66. The van der Waals surface area contributed by atoms with Gasteiger partial charge in [-0.3, -0.25) is 0 Å². The summed E-state index contributed by atoms with van der Waals surface area (Å²) in [6.07, 6.45) is 0. The zero-order chi connectivity index (χ0) is 14.8. The molecule has 108 valence electrons. The lowest BCUT2D eigenvalue weighted by molar-refractivity contribution is 0.576. The van der Waals surface area contributed by atoms with E-state index in [0.717, 1.165) is 15.4 Å². The van der Waals surface area contributed by atoms with Gasteiger partial charge in [0, 0.05) is 27.8 Å². The van der Waals surface area contributed by atoms with E-state index in [1.54, 1.807) is 0 Å². The van der Waals surface area contributed by atoms with Crippen LogP contribution in [0.3, 0.4) is 0 Å². The normalized spacial score (nSPS) is 11.8. The van der Waals surface area contributed by atoms with E-state index in [1.807, 2.05) is 11.4 Å². The number of benzene rings is 1. The van der Waals surface area contributed by atoms with Crippen LogP contribution in [0.2, 0.25) is 0 Å². The topological polar surface area (TPSA) is 72.2 Å². The summed E-state index contributed by atoms with van der Waals surface area (Å²) in [6.45, 7) is 0.181. The smallest absolute Gasteiger partial charge is 0.241 e. The third-order valence-electron chi connectivity index (χ3n) is 2.60. The third-order valence-corrected chi connectivity index (χ3v) is 5.78. The largest absolute Gasteiger partial charge is 0.326 e. The summed E-state index contributed by atoms with van der Waals surface area (Å²) in [5.41, 5.74) is 5.87. The van der Waals surface area contributed by atoms with Gasteiger partial charge < -0.3 is 5.73 Å². The molecule has 0 atom stereocenters. The molecule has 8 heteroatoms. The summed E-state index contributed by atoms with van der Waals surface area (Å²) in [4.78, 5) is 0.738. The lowest BCUT2D eigenvalue weighted by atomic mass is 10.2. The van der Waals surface area contributed by atoms with Crippen LogP contribution in [0.4, 0.5) is 4.39 Å². The highest BCUT2D eigenvalue weighted by Crippen LogP contribution is 2.21. The van der Waals surface area contributed by atoms with E-state index in [2.05, 4.69) is 20.7 Å². The quantitative estimate of drug-likeness (QED) is 0.839. The molecule has 0 radical (unpaired) electrons. The Morgan fingerprint density at radius 2 is 2.10 bits per heavy atom. The molecule has 1 heterocycles. The number of sulfonamides is 1. The fourth-order valence-electron chi connectivity index (χ4n) is 1.64. The number of thiophene rings is 1. The first-order valence-electron chi connectivity index (χ1n) is 5.63. The molecule has 1 aromatic heterocycles. The standard InChI is InChI=1S/C12H12BrFN2O2S2/c13-9-3-11(19-7-9)6-16-20(17,18)12-4-10(14)2-1-8(12)5-15/h1-4,7,16H,5-6,15H2. The second-order valence-electron chi connectivity index (χ2n) is 4.01. The summed E-state index contributed by atoms with van der Waals surface area (Å²) in [7, 11) is -3.79. The lowest BCUT2D eigenvalue weighted by Crippen LogP contribution is -2.24. The van der Waals surface area contributed by atoms with Gasteiger partial charge in [-0.25, -0.2) is 17.5 Å². The van der Waals surface area contributed by atoms with Crippen LogP contribution in [0.15, 0.2) is 39.0 Å². The Labute approximate surface area is 129 Å². The zero-order valence-corrected chi connectivity index (χ0v) is 13.5. The molecule has 0 aliphatic carbocycles. The van der Waals surface area contributed by atoms with Gasteiger partial charge in [0.25, 0.3) is 0 Å². The van der Waals surface area contributed by atoms with Crippen LogP contribution in [0.25, 0.3) is 0 Å². The Bertz CT molecular complexity index is 716. The predicted octanol–water partition coefficient (Wildman–Crippen LogP) is 2.59. The molecule has 0 saturated carbocycles. The molecular formula is C12H12BrFN2O2S2. The highest BCUT2D eigenvalue weighted by molar-refractivity contribution is 9.10. The van der Waals surface area contributed by atoms with Gasteiger partial charge in [-0.05, 0) is 39.7 Å². The Hall–Kier alpha value is -0.800. The summed E-state index contributed by atoms with van der Waals surface area (Å²) in [6, 6.07) is 5.38. The van der Waals surface area contributed by atoms with Gasteiger partial charge in [0.05, 0.1) is 4.90 Å². The Morgan fingerprint density at radius 3 is 2.70 bits per heavy atom. The summed E-state index contributed by atoms with van der Waals surface area (Å²) in [5, 5.41) is 1.86. The Kier molecular flexibility index (Phi) is 4.92. The maximum atomic E-state index is 13.2. The minimum absolute atomic E-state index is 0.0288. The van der Waals surface area contributed by atoms with Crippen molar-refractivity contribution in [3.05, 3.63) is 50.4 Å². The fraction of sp³-hybridized carbons (Fsp3) is 0.167. The van der Waals surface area contributed by atoms with E-state index < -0.39 is 15.8 Å². The molecule has 0 bridgehead atoms. The maximum Gasteiger partial charge on any atom is 0.241 e. The van der Waals surface area contributed by atoms with Crippen molar-refractivity contribution in [2.24, 2.45) is 5.73 Å². The number of rotatable bonds is 5. The molecule has 3 N–H and O–H groups in total. The van der Waals surface area contributed by atoms with E-state index in [9.17, 15) is 12.8 Å². The SMILES string of the molecule is NCc1ccc(F)cc1S(=O)(=O)NCc1cc(Br)cs1. The van der Waals surface area contributed by atoms with Gasteiger partial charge in [-0.15, -0.1) is 11.3 Å². The van der Waals surface area contributed by atoms with Crippen molar-refractivity contribution in [3.63, 3.8) is 0 Å². The summed E-state index contributed by atoms with van der Waals surface area (Å²) in [5.74, 6) is -0.610. The first kappa shape index (κ1) is 15.6. The fourth-order valence-corrected chi connectivity index (χ4v) is 4.38. The predicted molar refractivity (Wildman–Crippen MR) is 80.3 cm³/mol. The van der Waals surface area contributed by atoms with Crippen LogP contribution in [-0.2, 0) is 23.1 Å². The van der Waals surface area contributed by atoms with Gasteiger partial charge in [0.2, 0.25) is 10.0 Å². The molecule has 2 rings (SSSR count). The summed E-state index contributed by atoms with van der Waals surface area (Å²) < 4.78 is 41.0. The minimum Gasteiger partial charge on any atom is -0.326 e. The van der Waals surface area contributed by atoms with Crippen molar-refractivity contribution >= 4 is 37.3 Å². The second kappa shape index (κ2) is 6.31.